The van der Waals surface area contributed by atoms with Crippen LogP contribution in [0.5, 0.6) is 0 Å². The Balaban J connectivity index is 1.94. The quantitative estimate of drug-likeness (QED) is 0.838. The van der Waals surface area contributed by atoms with Gasteiger partial charge in [-0.25, -0.2) is 0 Å². The van der Waals surface area contributed by atoms with E-state index in [9.17, 15) is 9.59 Å². The molecule has 1 N–H and O–H groups in total. The molecule has 2 rings (SSSR count). The molecular formula is C11H14N2O2S. The van der Waals surface area contributed by atoms with Crippen LogP contribution in [0, 0.1) is 0 Å². The van der Waals surface area contributed by atoms with Crippen molar-refractivity contribution in [1.29, 1.82) is 0 Å². The van der Waals surface area contributed by atoms with Gasteiger partial charge >= 0.3 is 0 Å². The molecule has 1 aliphatic heterocycles. The summed E-state index contributed by atoms with van der Waals surface area (Å²) in [6, 6.07) is 3.82. The molecule has 0 bridgehead atoms. The minimum Gasteiger partial charge on any atom is -0.352 e. The third-order valence-electron chi connectivity index (χ3n) is 2.61. The molecule has 1 aromatic rings. The van der Waals surface area contributed by atoms with Gasteiger partial charge in [-0.1, -0.05) is 6.07 Å². The molecule has 1 unspecified atom stereocenters. The van der Waals surface area contributed by atoms with E-state index in [-0.39, 0.29) is 17.9 Å². The number of amides is 2. The fourth-order valence-electron chi connectivity index (χ4n) is 1.91. The first-order valence-corrected chi connectivity index (χ1v) is 6.14. The Morgan fingerprint density at radius 3 is 3.00 bits per heavy atom. The first kappa shape index (κ1) is 11.1. The van der Waals surface area contributed by atoms with E-state index in [4.69, 9.17) is 0 Å². The molecule has 2 amide bonds. The molecule has 4 nitrogen and oxygen atoms in total. The lowest BCUT2D eigenvalue weighted by Gasteiger charge is -2.15. The van der Waals surface area contributed by atoms with Crippen LogP contribution in [-0.4, -0.2) is 35.8 Å². The second kappa shape index (κ2) is 4.65. The van der Waals surface area contributed by atoms with Gasteiger partial charge < -0.3 is 10.2 Å². The molecule has 1 aromatic heterocycles. The minimum absolute atomic E-state index is 0.0320. The average molecular weight is 238 g/mol. The zero-order valence-electron chi connectivity index (χ0n) is 9.10. The van der Waals surface area contributed by atoms with Crippen LogP contribution in [0.15, 0.2) is 17.5 Å². The monoisotopic (exact) mass is 238 g/mol. The van der Waals surface area contributed by atoms with Crippen LogP contribution in [-0.2, 0) is 4.79 Å². The second-order valence-corrected chi connectivity index (χ2v) is 4.86. The SMILES string of the molecule is CC(=O)NC1CCN(C(=O)c2cccs2)C1. The number of nitrogens with zero attached hydrogens (tertiary/aromatic N) is 1. The van der Waals surface area contributed by atoms with Gasteiger partial charge in [0.2, 0.25) is 5.91 Å². The molecule has 16 heavy (non-hydrogen) atoms. The summed E-state index contributed by atoms with van der Waals surface area (Å²) < 4.78 is 0. The Morgan fingerprint density at radius 2 is 2.38 bits per heavy atom. The summed E-state index contributed by atoms with van der Waals surface area (Å²) in [7, 11) is 0. The molecule has 1 atom stereocenters. The van der Waals surface area contributed by atoms with E-state index in [2.05, 4.69) is 5.32 Å². The molecule has 86 valence electrons. The largest absolute Gasteiger partial charge is 0.352 e. The van der Waals surface area contributed by atoms with Crippen molar-refractivity contribution in [1.82, 2.24) is 10.2 Å². The summed E-state index contributed by atoms with van der Waals surface area (Å²) in [5.41, 5.74) is 0. The number of hydrogen-bond acceptors (Lipinski definition) is 3. The molecule has 2 heterocycles. The van der Waals surface area contributed by atoms with Gasteiger partial charge in [-0.05, 0) is 17.9 Å². The van der Waals surface area contributed by atoms with Gasteiger partial charge in [0.05, 0.1) is 4.88 Å². The molecule has 1 aliphatic rings. The van der Waals surface area contributed by atoms with Crippen LogP contribution in [0.3, 0.4) is 0 Å². The zero-order valence-corrected chi connectivity index (χ0v) is 9.92. The fraction of sp³-hybridized carbons (Fsp3) is 0.455. The van der Waals surface area contributed by atoms with Crippen LogP contribution >= 0.6 is 11.3 Å². The van der Waals surface area contributed by atoms with Gasteiger partial charge in [-0.2, -0.15) is 0 Å². The summed E-state index contributed by atoms with van der Waals surface area (Å²) in [5, 5.41) is 4.74. The van der Waals surface area contributed by atoms with Crippen LogP contribution in [0.2, 0.25) is 0 Å². The molecule has 0 saturated carbocycles. The van der Waals surface area contributed by atoms with Crippen molar-refractivity contribution in [2.75, 3.05) is 13.1 Å². The Labute approximate surface area is 98.3 Å². The van der Waals surface area contributed by atoms with Crippen LogP contribution in [0.1, 0.15) is 23.0 Å². The molecule has 0 spiro atoms. The zero-order chi connectivity index (χ0) is 11.5. The first-order chi connectivity index (χ1) is 7.66. The summed E-state index contributed by atoms with van der Waals surface area (Å²) in [4.78, 5) is 25.4. The van der Waals surface area contributed by atoms with E-state index in [0.29, 0.717) is 6.54 Å². The number of thiophene rings is 1. The molecule has 1 saturated heterocycles. The van der Waals surface area contributed by atoms with Crippen molar-refractivity contribution in [3.63, 3.8) is 0 Å². The maximum atomic E-state index is 12.0. The topological polar surface area (TPSA) is 49.4 Å². The number of carbonyl (C=O) groups is 2. The summed E-state index contributed by atoms with van der Waals surface area (Å²) in [5.74, 6) is 0.0401. The maximum Gasteiger partial charge on any atom is 0.263 e. The lowest BCUT2D eigenvalue weighted by molar-refractivity contribution is -0.119. The molecule has 0 radical (unpaired) electrons. The highest BCUT2D eigenvalue weighted by Crippen LogP contribution is 2.16. The Bertz CT molecular complexity index is 389. The molecule has 0 aliphatic carbocycles. The van der Waals surface area contributed by atoms with E-state index in [1.165, 1.54) is 18.3 Å². The van der Waals surface area contributed by atoms with Crippen LogP contribution in [0.4, 0.5) is 0 Å². The van der Waals surface area contributed by atoms with Gasteiger partial charge in [-0.15, -0.1) is 11.3 Å². The van der Waals surface area contributed by atoms with Gasteiger partial charge in [0.1, 0.15) is 0 Å². The van der Waals surface area contributed by atoms with Crippen LogP contribution < -0.4 is 5.32 Å². The van der Waals surface area contributed by atoms with Gasteiger partial charge in [-0.3, -0.25) is 9.59 Å². The van der Waals surface area contributed by atoms with Crippen molar-refractivity contribution in [3.05, 3.63) is 22.4 Å². The predicted molar refractivity (Wildman–Crippen MR) is 62.4 cm³/mol. The smallest absolute Gasteiger partial charge is 0.263 e. The molecular weight excluding hydrogens is 224 g/mol. The minimum atomic E-state index is -0.0320. The van der Waals surface area contributed by atoms with E-state index >= 15 is 0 Å². The molecule has 0 aromatic carbocycles. The highest BCUT2D eigenvalue weighted by atomic mass is 32.1. The summed E-state index contributed by atoms with van der Waals surface area (Å²) >= 11 is 1.45. The van der Waals surface area contributed by atoms with Gasteiger partial charge in [0, 0.05) is 26.1 Å². The third-order valence-corrected chi connectivity index (χ3v) is 3.47. The fourth-order valence-corrected chi connectivity index (χ4v) is 2.60. The number of likely N-dealkylation sites (tertiary alicyclic amines) is 1. The Hall–Kier alpha value is -1.36. The van der Waals surface area contributed by atoms with Gasteiger partial charge in [0.15, 0.2) is 0 Å². The average Bonchev–Trinajstić information content (AvgIpc) is 2.84. The van der Waals surface area contributed by atoms with Crippen molar-refractivity contribution in [2.45, 2.75) is 19.4 Å². The second-order valence-electron chi connectivity index (χ2n) is 3.91. The highest BCUT2D eigenvalue weighted by Gasteiger charge is 2.27. The van der Waals surface area contributed by atoms with E-state index < -0.39 is 0 Å². The normalized spacial score (nSPS) is 19.8. The van der Waals surface area contributed by atoms with Crippen molar-refractivity contribution < 1.29 is 9.59 Å². The summed E-state index contributed by atoms with van der Waals surface area (Å²) in [6.07, 6.45) is 0.844. The van der Waals surface area contributed by atoms with E-state index in [1.807, 2.05) is 17.5 Å². The van der Waals surface area contributed by atoms with Gasteiger partial charge in [0.25, 0.3) is 5.91 Å². The standard InChI is InChI=1S/C11H14N2O2S/c1-8(14)12-9-4-5-13(7-9)11(15)10-3-2-6-16-10/h2-3,6,9H,4-5,7H2,1H3,(H,12,14). The Kier molecular flexibility index (Phi) is 3.24. The number of carbonyl (C=O) groups excluding carboxylic acids is 2. The first-order valence-electron chi connectivity index (χ1n) is 5.26. The van der Waals surface area contributed by atoms with E-state index in [1.54, 1.807) is 4.90 Å². The number of hydrogen-bond donors (Lipinski definition) is 1. The molecule has 1 fully saturated rings. The maximum absolute atomic E-state index is 12.0. The van der Waals surface area contributed by atoms with Crippen molar-refractivity contribution >= 4 is 23.2 Å². The highest BCUT2D eigenvalue weighted by molar-refractivity contribution is 7.12. The number of rotatable bonds is 2. The van der Waals surface area contributed by atoms with Crippen molar-refractivity contribution in [2.24, 2.45) is 0 Å². The predicted octanol–water partition coefficient (Wildman–Crippen LogP) is 1.10. The summed E-state index contributed by atoms with van der Waals surface area (Å²) in [6.45, 7) is 2.85. The Morgan fingerprint density at radius 1 is 1.56 bits per heavy atom. The van der Waals surface area contributed by atoms with Crippen molar-refractivity contribution in [3.8, 4) is 0 Å². The lowest BCUT2D eigenvalue weighted by Crippen LogP contribution is -2.37. The number of nitrogens with one attached hydrogen (secondary N) is 1. The van der Waals surface area contributed by atoms with Crippen LogP contribution in [0.25, 0.3) is 0 Å². The lowest BCUT2D eigenvalue weighted by atomic mass is 10.2. The molecule has 5 heteroatoms. The van der Waals surface area contributed by atoms with E-state index in [0.717, 1.165) is 17.8 Å². The third kappa shape index (κ3) is 2.41.